The Kier molecular flexibility index (Phi) is 3.29. The lowest BCUT2D eigenvalue weighted by Crippen LogP contribution is -1.91. The number of aliphatic hydroxyl groups is 1. The fraction of sp³-hybridized carbons (Fsp3) is 0.158. The van der Waals surface area contributed by atoms with Crippen molar-refractivity contribution >= 4 is 33.3 Å². The van der Waals surface area contributed by atoms with Gasteiger partial charge >= 0.3 is 0 Å². The molecule has 1 heterocycles. The monoisotopic (exact) mass is 310 g/mol. The number of halogens is 1. The van der Waals surface area contributed by atoms with Crippen LogP contribution in [0.5, 0.6) is 0 Å². The quantitative estimate of drug-likeness (QED) is 0.559. The fourth-order valence-corrected chi connectivity index (χ4v) is 3.45. The van der Waals surface area contributed by atoms with E-state index in [2.05, 4.69) is 18.2 Å². The van der Waals surface area contributed by atoms with Crippen molar-refractivity contribution in [2.75, 3.05) is 6.61 Å². The highest BCUT2D eigenvalue weighted by atomic mass is 35.5. The summed E-state index contributed by atoms with van der Waals surface area (Å²) in [5.41, 5.74) is 4.40. The predicted molar refractivity (Wildman–Crippen MR) is 90.8 cm³/mol. The maximum atomic E-state index is 9.23. The van der Waals surface area contributed by atoms with Gasteiger partial charge in [0.1, 0.15) is 5.58 Å². The molecule has 0 atom stereocenters. The van der Waals surface area contributed by atoms with Gasteiger partial charge in [-0.1, -0.05) is 35.9 Å². The van der Waals surface area contributed by atoms with Crippen LogP contribution in [0.3, 0.4) is 0 Å². The molecule has 4 rings (SSSR count). The van der Waals surface area contributed by atoms with E-state index in [4.69, 9.17) is 16.0 Å². The summed E-state index contributed by atoms with van der Waals surface area (Å²) in [4.78, 5) is 0. The normalized spacial score (nSPS) is 11.7. The average Bonchev–Trinajstić information content (AvgIpc) is 2.87. The number of aryl methyl sites for hydroxylation is 1. The third kappa shape index (κ3) is 1.99. The highest BCUT2D eigenvalue weighted by molar-refractivity contribution is 6.31. The number of aliphatic hydroxyl groups excluding tert-OH is 1. The van der Waals surface area contributed by atoms with Crippen LogP contribution < -0.4 is 0 Å². The third-order valence-electron chi connectivity index (χ3n) is 4.21. The number of benzene rings is 2. The van der Waals surface area contributed by atoms with E-state index in [-0.39, 0.29) is 6.61 Å². The Labute approximate surface area is 133 Å². The van der Waals surface area contributed by atoms with E-state index in [1.165, 1.54) is 21.9 Å². The standard InChI is InChI=1S/C19H15ClO2/c20-12-7-8-18-16(10-12)19-15(6-3-9-21)13-4-1-2-5-14(13)17(19)11-22-18/h1-2,4-5,7-8,10-11,21H,3,6,9H2. The minimum absolute atomic E-state index is 0.191. The molecule has 1 aliphatic heterocycles. The largest absolute Gasteiger partial charge is 0.464 e. The number of hydrogen-bond acceptors (Lipinski definition) is 2. The molecule has 0 saturated heterocycles. The summed E-state index contributed by atoms with van der Waals surface area (Å²) in [6.07, 6.45) is 3.42. The van der Waals surface area contributed by atoms with Gasteiger partial charge in [0.25, 0.3) is 0 Å². The van der Waals surface area contributed by atoms with Crippen LogP contribution in [0.1, 0.15) is 12.0 Å². The Bertz CT molecular complexity index is 939. The molecule has 0 unspecified atom stereocenters. The second kappa shape index (κ2) is 5.31. The first kappa shape index (κ1) is 13.6. The van der Waals surface area contributed by atoms with Crippen molar-refractivity contribution in [1.29, 1.82) is 0 Å². The van der Waals surface area contributed by atoms with Crippen molar-refractivity contribution in [2.24, 2.45) is 0 Å². The van der Waals surface area contributed by atoms with Crippen molar-refractivity contribution in [3.63, 3.8) is 0 Å². The predicted octanol–water partition coefficient (Wildman–Crippen LogP) is 5.27. The second-order valence-electron chi connectivity index (χ2n) is 5.52. The molecule has 2 nitrogen and oxygen atoms in total. The van der Waals surface area contributed by atoms with Gasteiger partial charge in [0.2, 0.25) is 0 Å². The molecule has 0 fully saturated rings. The van der Waals surface area contributed by atoms with Crippen LogP contribution in [0.4, 0.5) is 0 Å². The van der Waals surface area contributed by atoms with Gasteiger partial charge in [-0.2, -0.15) is 0 Å². The fourth-order valence-electron chi connectivity index (χ4n) is 3.28. The summed E-state index contributed by atoms with van der Waals surface area (Å²) in [5.74, 6) is 0. The highest BCUT2D eigenvalue weighted by Crippen LogP contribution is 2.44. The first-order chi connectivity index (χ1) is 10.8. The maximum Gasteiger partial charge on any atom is 0.134 e. The van der Waals surface area contributed by atoms with Gasteiger partial charge in [0, 0.05) is 28.1 Å². The first-order valence-corrected chi connectivity index (χ1v) is 7.78. The lowest BCUT2D eigenvalue weighted by molar-refractivity contribution is 0.289. The highest BCUT2D eigenvalue weighted by Gasteiger charge is 2.20. The van der Waals surface area contributed by atoms with Crippen LogP contribution in [0.15, 0.2) is 53.1 Å². The zero-order valence-corrected chi connectivity index (χ0v) is 12.7. The van der Waals surface area contributed by atoms with E-state index in [9.17, 15) is 5.11 Å². The Morgan fingerprint density at radius 3 is 2.64 bits per heavy atom. The summed E-state index contributed by atoms with van der Waals surface area (Å²) in [5, 5.41) is 13.4. The summed E-state index contributed by atoms with van der Waals surface area (Å²) in [6.45, 7) is 0.191. The summed E-state index contributed by atoms with van der Waals surface area (Å²) in [6, 6.07) is 14.1. The van der Waals surface area contributed by atoms with Crippen molar-refractivity contribution in [2.45, 2.75) is 12.8 Å². The number of fused-ring (bicyclic) bond motifs is 5. The molecule has 0 saturated carbocycles. The molecule has 2 aromatic carbocycles. The molecule has 0 aromatic heterocycles. The Morgan fingerprint density at radius 1 is 1.00 bits per heavy atom. The molecule has 110 valence electrons. The van der Waals surface area contributed by atoms with Crippen molar-refractivity contribution in [3.05, 3.63) is 59.3 Å². The maximum absolute atomic E-state index is 9.23. The van der Waals surface area contributed by atoms with Crippen LogP contribution in [-0.4, -0.2) is 11.7 Å². The number of hydrogen-bond donors (Lipinski definition) is 1. The molecular weight excluding hydrogens is 296 g/mol. The molecule has 1 N–H and O–H groups in total. The third-order valence-corrected chi connectivity index (χ3v) is 4.45. The minimum atomic E-state index is 0.191. The molecule has 22 heavy (non-hydrogen) atoms. The van der Waals surface area contributed by atoms with Crippen LogP contribution in [-0.2, 0) is 6.42 Å². The molecule has 2 aromatic rings. The lowest BCUT2D eigenvalue weighted by atomic mass is 9.99. The van der Waals surface area contributed by atoms with E-state index in [1.54, 1.807) is 0 Å². The first-order valence-electron chi connectivity index (χ1n) is 7.40. The van der Waals surface area contributed by atoms with Gasteiger partial charge in [-0.25, -0.2) is 0 Å². The molecule has 0 spiro atoms. The zero-order valence-electron chi connectivity index (χ0n) is 12.0. The van der Waals surface area contributed by atoms with Crippen LogP contribution >= 0.6 is 11.6 Å². The van der Waals surface area contributed by atoms with Gasteiger partial charge < -0.3 is 9.52 Å². The van der Waals surface area contributed by atoms with Crippen LogP contribution in [0.2, 0.25) is 5.02 Å². The molecule has 0 amide bonds. The topological polar surface area (TPSA) is 33.4 Å². The van der Waals surface area contributed by atoms with Gasteiger partial charge in [-0.3, -0.25) is 0 Å². The molecule has 3 heteroatoms. The molecule has 0 bridgehead atoms. The van der Waals surface area contributed by atoms with Gasteiger partial charge in [0.05, 0.1) is 6.26 Å². The molecular formula is C19H15ClO2. The van der Waals surface area contributed by atoms with Crippen LogP contribution in [0.25, 0.3) is 32.9 Å². The Balaban J connectivity index is 2.15. The van der Waals surface area contributed by atoms with Crippen LogP contribution in [0, 0.1) is 0 Å². The molecule has 2 aliphatic rings. The van der Waals surface area contributed by atoms with Crippen molar-refractivity contribution in [3.8, 4) is 11.1 Å². The van der Waals surface area contributed by atoms with Gasteiger partial charge in [-0.05, 0) is 47.4 Å². The van der Waals surface area contributed by atoms with Gasteiger partial charge in [-0.15, -0.1) is 0 Å². The van der Waals surface area contributed by atoms with E-state index >= 15 is 0 Å². The van der Waals surface area contributed by atoms with Crippen molar-refractivity contribution < 1.29 is 9.52 Å². The zero-order chi connectivity index (χ0) is 15.1. The average molecular weight is 311 g/mol. The van der Waals surface area contributed by atoms with E-state index in [0.717, 1.165) is 29.4 Å². The van der Waals surface area contributed by atoms with E-state index < -0.39 is 0 Å². The SMILES string of the molecule is OCCCc1c2c3cc(Cl)ccc3occ-2c2ccccc12. The molecule has 1 aliphatic carbocycles. The Morgan fingerprint density at radius 2 is 1.82 bits per heavy atom. The van der Waals surface area contributed by atoms with E-state index in [0.29, 0.717) is 5.02 Å². The van der Waals surface area contributed by atoms with Crippen molar-refractivity contribution in [1.82, 2.24) is 0 Å². The van der Waals surface area contributed by atoms with E-state index in [1.807, 2.05) is 30.5 Å². The summed E-state index contributed by atoms with van der Waals surface area (Å²) < 4.78 is 5.80. The van der Waals surface area contributed by atoms with Gasteiger partial charge in [0.15, 0.2) is 0 Å². The summed E-state index contributed by atoms with van der Waals surface area (Å²) in [7, 11) is 0. The Hall–Kier alpha value is -2.03. The summed E-state index contributed by atoms with van der Waals surface area (Å²) >= 11 is 6.19. The number of rotatable bonds is 3. The smallest absolute Gasteiger partial charge is 0.134 e. The molecule has 0 radical (unpaired) electrons. The lowest BCUT2D eigenvalue weighted by Gasteiger charge is -2.08. The minimum Gasteiger partial charge on any atom is -0.464 e. The second-order valence-corrected chi connectivity index (χ2v) is 5.95.